The van der Waals surface area contributed by atoms with E-state index < -0.39 is 6.10 Å². The summed E-state index contributed by atoms with van der Waals surface area (Å²) in [5.41, 5.74) is 2.20. The first-order valence-corrected chi connectivity index (χ1v) is 7.17. The number of nitriles is 1. The van der Waals surface area contributed by atoms with Gasteiger partial charge in [0.15, 0.2) is 6.10 Å². The van der Waals surface area contributed by atoms with Crippen molar-refractivity contribution in [2.45, 2.75) is 26.4 Å². The number of benzene rings is 2. The van der Waals surface area contributed by atoms with Gasteiger partial charge in [0.2, 0.25) is 0 Å². The minimum absolute atomic E-state index is 0.199. The highest BCUT2D eigenvalue weighted by atomic mass is 16.5. The molecule has 22 heavy (non-hydrogen) atoms. The number of amides is 1. The van der Waals surface area contributed by atoms with Gasteiger partial charge in [0, 0.05) is 5.69 Å². The molecule has 0 aliphatic carbocycles. The maximum atomic E-state index is 12.3. The molecule has 1 N–H and O–H groups in total. The number of nitrogens with zero attached hydrogens (tertiary/aromatic N) is 1. The number of hydrogen-bond acceptors (Lipinski definition) is 3. The minimum atomic E-state index is -0.559. The molecule has 2 rings (SSSR count). The van der Waals surface area contributed by atoms with Crippen molar-refractivity contribution in [3.8, 4) is 11.8 Å². The Bertz CT molecular complexity index is 687. The van der Waals surface area contributed by atoms with E-state index >= 15 is 0 Å². The molecule has 2 aromatic rings. The van der Waals surface area contributed by atoms with E-state index in [0.717, 1.165) is 5.56 Å². The smallest absolute Gasteiger partial charge is 0.265 e. The summed E-state index contributed by atoms with van der Waals surface area (Å²) in [6.07, 6.45) is 0.00735. The summed E-state index contributed by atoms with van der Waals surface area (Å²) in [6, 6.07) is 16.4. The number of carbonyl (C=O) groups is 1. The molecule has 0 saturated carbocycles. The normalized spacial score (nSPS) is 11.3. The summed E-state index contributed by atoms with van der Waals surface area (Å²) >= 11 is 0. The second-order valence-electron chi connectivity index (χ2n) is 4.96. The van der Waals surface area contributed by atoms with Crippen molar-refractivity contribution in [1.29, 1.82) is 5.26 Å². The van der Waals surface area contributed by atoms with Crippen LogP contribution < -0.4 is 10.1 Å². The molecule has 1 unspecified atom stereocenters. The number of rotatable bonds is 5. The summed E-state index contributed by atoms with van der Waals surface area (Å²) < 4.78 is 5.81. The molecule has 4 heteroatoms. The van der Waals surface area contributed by atoms with Crippen LogP contribution in [-0.2, 0) is 4.79 Å². The van der Waals surface area contributed by atoms with Gasteiger partial charge in [0.25, 0.3) is 5.91 Å². The monoisotopic (exact) mass is 294 g/mol. The van der Waals surface area contributed by atoms with Gasteiger partial charge in [-0.15, -0.1) is 0 Å². The fraction of sp³-hybridized carbons (Fsp3) is 0.222. The van der Waals surface area contributed by atoms with Gasteiger partial charge in [0.05, 0.1) is 11.6 Å². The molecule has 0 aliphatic heterocycles. The van der Waals surface area contributed by atoms with E-state index in [1.54, 1.807) is 24.3 Å². The van der Waals surface area contributed by atoms with Gasteiger partial charge in [0.1, 0.15) is 5.75 Å². The van der Waals surface area contributed by atoms with E-state index in [4.69, 9.17) is 10.00 Å². The van der Waals surface area contributed by atoms with Gasteiger partial charge in [-0.05, 0) is 49.2 Å². The predicted octanol–water partition coefficient (Wildman–Crippen LogP) is 3.66. The van der Waals surface area contributed by atoms with Crippen LogP contribution in [-0.4, -0.2) is 12.0 Å². The van der Waals surface area contributed by atoms with Crippen LogP contribution in [0, 0.1) is 18.3 Å². The number of anilines is 1. The van der Waals surface area contributed by atoms with Crippen molar-refractivity contribution >= 4 is 11.6 Å². The highest BCUT2D eigenvalue weighted by Gasteiger charge is 2.19. The van der Waals surface area contributed by atoms with Crippen molar-refractivity contribution in [3.63, 3.8) is 0 Å². The molecule has 0 radical (unpaired) electrons. The molecular formula is C18H18N2O2. The third-order valence-electron chi connectivity index (χ3n) is 3.31. The lowest BCUT2D eigenvalue weighted by Gasteiger charge is -2.18. The van der Waals surface area contributed by atoms with E-state index in [9.17, 15) is 4.79 Å². The minimum Gasteiger partial charge on any atom is -0.480 e. The van der Waals surface area contributed by atoms with Crippen LogP contribution in [0.3, 0.4) is 0 Å². The average molecular weight is 294 g/mol. The van der Waals surface area contributed by atoms with Crippen LogP contribution in [0.4, 0.5) is 5.69 Å². The van der Waals surface area contributed by atoms with E-state index in [1.807, 2.05) is 44.2 Å². The van der Waals surface area contributed by atoms with E-state index in [0.29, 0.717) is 23.4 Å². The summed E-state index contributed by atoms with van der Waals surface area (Å²) in [5.74, 6) is 0.514. The molecule has 0 fully saturated rings. The highest BCUT2D eigenvalue weighted by molar-refractivity contribution is 5.94. The van der Waals surface area contributed by atoms with Crippen molar-refractivity contribution in [2.24, 2.45) is 0 Å². The molecule has 0 saturated heterocycles. The molecule has 112 valence electrons. The van der Waals surface area contributed by atoms with Crippen molar-refractivity contribution < 1.29 is 9.53 Å². The van der Waals surface area contributed by atoms with Crippen LogP contribution in [0.1, 0.15) is 24.5 Å². The second-order valence-corrected chi connectivity index (χ2v) is 4.96. The maximum Gasteiger partial charge on any atom is 0.265 e. The SMILES string of the molecule is CCC(Oc1ccccc1C)C(=O)Nc1ccc(C#N)cc1. The van der Waals surface area contributed by atoms with Gasteiger partial charge < -0.3 is 10.1 Å². The zero-order valence-electron chi connectivity index (χ0n) is 12.7. The van der Waals surface area contributed by atoms with Crippen molar-refractivity contribution in [3.05, 3.63) is 59.7 Å². The van der Waals surface area contributed by atoms with Gasteiger partial charge in [-0.2, -0.15) is 5.26 Å². The Balaban J connectivity index is 2.05. The molecule has 0 spiro atoms. The Morgan fingerprint density at radius 2 is 1.91 bits per heavy atom. The molecule has 0 aromatic heterocycles. The highest BCUT2D eigenvalue weighted by Crippen LogP contribution is 2.19. The van der Waals surface area contributed by atoms with Crippen LogP contribution in [0.5, 0.6) is 5.75 Å². The quantitative estimate of drug-likeness (QED) is 0.915. The number of hydrogen-bond donors (Lipinski definition) is 1. The van der Waals surface area contributed by atoms with Crippen LogP contribution in [0.2, 0.25) is 0 Å². The zero-order chi connectivity index (χ0) is 15.9. The van der Waals surface area contributed by atoms with Gasteiger partial charge >= 0.3 is 0 Å². The molecule has 2 aromatic carbocycles. The van der Waals surface area contributed by atoms with E-state index in [-0.39, 0.29) is 5.91 Å². The number of nitrogens with one attached hydrogen (secondary N) is 1. The van der Waals surface area contributed by atoms with E-state index in [2.05, 4.69) is 5.32 Å². The van der Waals surface area contributed by atoms with E-state index in [1.165, 1.54) is 0 Å². The Morgan fingerprint density at radius 1 is 1.23 bits per heavy atom. The molecule has 1 atom stereocenters. The Labute approximate surface area is 130 Å². The van der Waals surface area contributed by atoms with Crippen molar-refractivity contribution in [1.82, 2.24) is 0 Å². The first kappa shape index (κ1) is 15.6. The summed E-state index contributed by atoms with van der Waals surface area (Å²) in [7, 11) is 0. The first-order valence-electron chi connectivity index (χ1n) is 7.17. The summed E-state index contributed by atoms with van der Waals surface area (Å²) in [5, 5.41) is 11.6. The molecule has 0 bridgehead atoms. The standard InChI is InChI=1S/C18H18N2O2/c1-3-16(22-17-7-5-4-6-13(17)2)18(21)20-15-10-8-14(12-19)9-11-15/h4-11,16H,3H2,1-2H3,(H,20,21). The number of ether oxygens (including phenoxy) is 1. The number of para-hydroxylation sites is 1. The van der Waals surface area contributed by atoms with Crippen LogP contribution in [0.25, 0.3) is 0 Å². The Morgan fingerprint density at radius 3 is 2.50 bits per heavy atom. The Hall–Kier alpha value is -2.80. The topological polar surface area (TPSA) is 62.1 Å². The van der Waals surface area contributed by atoms with Crippen molar-refractivity contribution in [2.75, 3.05) is 5.32 Å². The molecule has 4 nitrogen and oxygen atoms in total. The largest absolute Gasteiger partial charge is 0.480 e. The predicted molar refractivity (Wildman–Crippen MR) is 85.7 cm³/mol. The molecule has 0 heterocycles. The summed E-state index contributed by atoms with van der Waals surface area (Å²) in [6.45, 7) is 3.85. The van der Waals surface area contributed by atoms with Gasteiger partial charge in [-0.3, -0.25) is 4.79 Å². The lowest BCUT2D eigenvalue weighted by molar-refractivity contribution is -0.122. The van der Waals surface area contributed by atoms with Crippen LogP contribution >= 0.6 is 0 Å². The molecule has 0 aliphatic rings. The maximum absolute atomic E-state index is 12.3. The van der Waals surface area contributed by atoms with Crippen LogP contribution in [0.15, 0.2) is 48.5 Å². The molecular weight excluding hydrogens is 276 g/mol. The zero-order valence-corrected chi connectivity index (χ0v) is 12.7. The third-order valence-corrected chi connectivity index (χ3v) is 3.31. The third kappa shape index (κ3) is 3.86. The lowest BCUT2D eigenvalue weighted by Crippen LogP contribution is -2.32. The fourth-order valence-corrected chi connectivity index (χ4v) is 2.02. The second kappa shape index (κ2) is 7.28. The number of carbonyl (C=O) groups excluding carboxylic acids is 1. The van der Waals surface area contributed by atoms with Gasteiger partial charge in [-0.25, -0.2) is 0 Å². The lowest BCUT2D eigenvalue weighted by atomic mass is 10.2. The van der Waals surface area contributed by atoms with Gasteiger partial charge in [-0.1, -0.05) is 25.1 Å². The average Bonchev–Trinajstić information content (AvgIpc) is 2.54. The first-order chi connectivity index (χ1) is 10.6. The fourth-order valence-electron chi connectivity index (χ4n) is 2.02. The number of aryl methyl sites for hydroxylation is 1. The molecule has 1 amide bonds. The summed E-state index contributed by atoms with van der Waals surface area (Å²) in [4.78, 5) is 12.3. The Kier molecular flexibility index (Phi) is 5.16.